The van der Waals surface area contributed by atoms with E-state index in [1.807, 2.05) is 31.0 Å². The van der Waals surface area contributed by atoms with E-state index in [4.69, 9.17) is 0 Å². The zero-order valence-electron chi connectivity index (χ0n) is 13.8. The summed E-state index contributed by atoms with van der Waals surface area (Å²) in [6, 6.07) is 12.6. The largest absolute Gasteiger partial charge is 0.323 e. The number of aryl methyl sites for hydroxylation is 2. The predicted octanol–water partition coefficient (Wildman–Crippen LogP) is 3.36. The molecule has 1 aliphatic rings. The van der Waals surface area contributed by atoms with Crippen molar-refractivity contribution in [3.8, 4) is 0 Å². The summed E-state index contributed by atoms with van der Waals surface area (Å²) < 4.78 is 1.71. The molecule has 1 N–H and O–H groups in total. The Hall–Kier alpha value is -2.30. The summed E-state index contributed by atoms with van der Waals surface area (Å²) in [5.74, 6) is 0.747. The van der Waals surface area contributed by atoms with Gasteiger partial charge in [-0.3, -0.25) is 10.00 Å². The third kappa shape index (κ3) is 3.73. The number of rotatable bonds is 3. The number of carbonyl (C=O) groups excluding carboxylic acids is 1. The number of amides is 2. The van der Waals surface area contributed by atoms with Crippen LogP contribution < -0.4 is 5.32 Å². The van der Waals surface area contributed by atoms with Crippen molar-refractivity contribution in [1.29, 1.82) is 0 Å². The van der Waals surface area contributed by atoms with E-state index in [9.17, 15) is 4.79 Å². The molecule has 0 spiro atoms. The van der Waals surface area contributed by atoms with Gasteiger partial charge in [-0.05, 0) is 38.2 Å². The Bertz CT molecular complexity index is 665. The van der Waals surface area contributed by atoms with Crippen molar-refractivity contribution in [2.75, 3.05) is 11.9 Å². The van der Waals surface area contributed by atoms with Crippen LogP contribution in [-0.4, -0.2) is 33.3 Å². The topological polar surface area (TPSA) is 50.2 Å². The SMILES string of the molecule is Cc1cc(NC(=O)N2CCCCC2Cc2ccccc2)n(C)n1. The molecule has 0 aliphatic carbocycles. The van der Waals surface area contributed by atoms with E-state index in [1.165, 1.54) is 12.0 Å². The van der Waals surface area contributed by atoms with Gasteiger partial charge in [0.1, 0.15) is 5.82 Å². The second kappa shape index (κ2) is 6.86. The first-order chi connectivity index (χ1) is 11.1. The van der Waals surface area contributed by atoms with E-state index in [-0.39, 0.29) is 12.1 Å². The van der Waals surface area contributed by atoms with E-state index in [2.05, 4.69) is 34.7 Å². The number of anilines is 1. The zero-order valence-corrected chi connectivity index (χ0v) is 13.8. The predicted molar refractivity (Wildman–Crippen MR) is 91.5 cm³/mol. The third-order valence-electron chi connectivity index (χ3n) is 4.44. The molecule has 2 aromatic rings. The average Bonchev–Trinajstić information content (AvgIpc) is 2.86. The maximum Gasteiger partial charge on any atom is 0.323 e. The van der Waals surface area contributed by atoms with Gasteiger partial charge < -0.3 is 4.90 Å². The zero-order chi connectivity index (χ0) is 16.2. The van der Waals surface area contributed by atoms with Gasteiger partial charge in [0.25, 0.3) is 0 Å². The maximum atomic E-state index is 12.7. The average molecular weight is 312 g/mol. The van der Waals surface area contributed by atoms with Gasteiger partial charge >= 0.3 is 6.03 Å². The van der Waals surface area contributed by atoms with E-state index < -0.39 is 0 Å². The van der Waals surface area contributed by atoms with E-state index >= 15 is 0 Å². The molecule has 1 aromatic heterocycles. The molecule has 1 fully saturated rings. The summed E-state index contributed by atoms with van der Waals surface area (Å²) >= 11 is 0. The molecule has 0 bridgehead atoms. The first kappa shape index (κ1) is 15.6. The number of urea groups is 1. The number of benzene rings is 1. The molecule has 5 nitrogen and oxygen atoms in total. The molecule has 2 heterocycles. The van der Waals surface area contributed by atoms with Gasteiger partial charge in [-0.15, -0.1) is 0 Å². The summed E-state index contributed by atoms with van der Waals surface area (Å²) in [5.41, 5.74) is 2.19. The van der Waals surface area contributed by atoms with Crippen LogP contribution in [0.1, 0.15) is 30.5 Å². The van der Waals surface area contributed by atoms with Crippen LogP contribution in [0.5, 0.6) is 0 Å². The van der Waals surface area contributed by atoms with Crippen molar-refractivity contribution in [2.45, 2.75) is 38.6 Å². The number of likely N-dealkylation sites (tertiary alicyclic amines) is 1. The van der Waals surface area contributed by atoms with Crippen molar-refractivity contribution in [3.63, 3.8) is 0 Å². The number of carbonyl (C=O) groups is 1. The monoisotopic (exact) mass is 312 g/mol. The molecule has 2 amide bonds. The molecule has 1 atom stereocenters. The Morgan fingerprint density at radius 2 is 2.09 bits per heavy atom. The van der Waals surface area contributed by atoms with Crippen LogP contribution in [0.2, 0.25) is 0 Å². The minimum absolute atomic E-state index is 0.0198. The van der Waals surface area contributed by atoms with Crippen LogP contribution in [0.3, 0.4) is 0 Å². The highest BCUT2D eigenvalue weighted by atomic mass is 16.2. The fourth-order valence-electron chi connectivity index (χ4n) is 3.28. The van der Waals surface area contributed by atoms with Gasteiger partial charge in [-0.25, -0.2) is 4.79 Å². The summed E-state index contributed by atoms with van der Waals surface area (Å²) in [7, 11) is 1.85. The Kier molecular flexibility index (Phi) is 4.65. The minimum Gasteiger partial charge on any atom is -0.321 e. The van der Waals surface area contributed by atoms with Crippen LogP contribution in [0, 0.1) is 6.92 Å². The van der Waals surface area contributed by atoms with Crippen LogP contribution in [0.25, 0.3) is 0 Å². The molecule has 1 aromatic carbocycles. The normalized spacial score (nSPS) is 18.0. The maximum absolute atomic E-state index is 12.7. The second-order valence-electron chi connectivity index (χ2n) is 6.26. The van der Waals surface area contributed by atoms with Crippen molar-refractivity contribution in [1.82, 2.24) is 14.7 Å². The van der Waals surface area contributed by atoms with Gasteiger partial charge in [0, 0.05) is 25.7 Å². The van der Waals surface area contributed by atoms with E-state index in [0.717, 1.165) is 37.3 Å². The number of aromatic nitrogens is 2. The van der Waals surface area contributed by atoms with Crippen LogP contribution in [-0.2, 0) is 13.5 Å². The van der Waals surface area contributed by atoms with E-state index in [1.54, 1.807) is 4.68 Å². The summed E-state index contributed by atoms with van der Waals surface area (Å²) in [5, 5.41) is 7.28. The van der Waals surface area contributed by atoms with Crippen LogP contribution in [0.15, 0.2) is 36.4 Å². The molecule has 0 radical (unpaired) electrons. The number of hydrogen-bond acceptors (Lipinski definition) is 2. The lowest BCUT2D eigenvalue weighted by Crippen LogP contribution is -2.47. The quantitative estimate of drug-likeness (QED) is 0.945. The third-order valence-corrected chi connectivity index (χ3v) is 4.44. The van der Waals surface area contributed by atoms with Crippen molar-refractivity contribution < 1.29 is 4.79 Å². The molecule has 1 aliphatic heterocycles. The Labute approximate surface area is 137 Å². The number of piperidine rings is 1. The van der Waals surface area contributed by atoms with Gasteiger partial charge in [0.15, 0.2) is 0 Å². The first-order valence-electron chi connectivity index (χ1n) is 8.25. The van der Waals surface area contributed by atoms with Crippen molar-refractivity contribution in [3.05, 3.63) is 47.7 Å². The van der Waals surface area contributed by atoms with Gasteiger partial charge in [0.05, 0.1) is 5.69 Å². The van der Waals surface area contributed by atoms with Gasteiger partial charge in [-0.2, -0.15) is 5.10 Å². The lowest BCUT2D eigenvalue weighted by Gasteiger charge is -2.35. The standard InChI is InChI=1S/C18H24N4O/c1-14-12-17(21(2)20-14)19-18(23)22-11-7-6-10-16(22)13-15-8-4-3-5-9-15/h3-5,8-9,12,16H,6-7,10-11,13H2,1-2H3,(H,19,23). The minimum atomic E-state index is -0.0198. The number of nitrogens with one attached hydrogen (secondary N) is 1. The summed E-state index contributed by atoms with van der Waals surface area (Å²) in [6.45, 7) is 2.74. The molecule has 0 saturated carbocycles. The molecule has 1 unspecified atom stereocenters. The van der Waals surface area contributed by atoms with Crippen LogP contribution >= 0.6 is 0 Å². The lowest BCUT2D eigenvalue weighted by atomic mass is 9.96. The highest BCUT2D eigenvalue weighted by molar-refractivity contribution is 5.88. The Balaban J connectivity index is 1.70. The first-order valence-corrected chi connectivity index (χ1v) is 8.25. The molecular formula is C18H24N4O. The Morgan fingerprint density at radius 1 is 1.30 bits per heavy atom. The summed E-state index contributed by atoms with van der Waals surface area (Å²) in [6.07, 6.45) is 4.24. The van der Waals surface area contributed by atoms with Gasteiger partial charge in [0.2, 0.25) is 0 Å². The number of hydrogen-bond donors (Lipinski definition) is 1. The highest BCUT2D eigenvalue weighted by Crippen LogP contribution is 2.22. The smallest absolute Gasteiger partial charge is 0.321 e. The molecule has 23 heavy (non-hydrogen) atoms. The molecule has 5 heteroatoms. The highest BCUT2D eigenvalue weighted by Gasteiger charge is 2.27. The fraction of sp³-hybridized carbons (Fsp3) is 0.444. The molecule has 1 saturated heterocycles. The summed E-state index contributed by atoms with van der Waals surface area (Å²) in [4.78, 5) is 14.7. The second-order valence-corrected chi connectivity index (χ2v) is 6.26. The van der Waals surface area contributed by atoms with E-state index in [0.29, 0.717) is 0 Å². The molecule has 3 rings (SSSR count). The number of nitrogens with zero attached hydrogens (tertiary/aromatic N) is 3. The lowest BCUT2D eigenvalue weighted by molar-refractivity contribution is 0.162. The van der Waals surface area contributed by atoms with Crippen LogP contribution in [0.4, 0.5) is 10.6 Å². The van der Waals surface area contributed by atoms with Crippen molar-refractivity contribution in [2.24, 2.45) is 7.05 Å². The molecule has 122 valence electrons. The Morgan fingerprint density at radius 3 is 2.78 bits per heavy atom. The van der Waals surface area contributed by atoms with Gasteiger partial charge in [-0.1, -0.05) is 30.3 Å². The fourth-order valence-corrected chi connectivity index (χ4v) is 3.28. The van der Waals surface area contributed by atoms with Crippen molar-refractivity contribution >= 4 is 11.8 Å². The molecular weight excluding hydrogens is 288 g/mol.